The van der Waals surface area contributed by atoms with Gasteiger partial charge in [-0.3, -0.25) is 0 Å². The fourth-order valence-electron chi connectivity index (χ4n) is 2.70. The Morgan fingerprint density at radius 2 is 1.45 bits per heavy atom. The van der Waals surface area contributed by atoms with Crippen molar-refractivity contribution < 1.29 is 4.43 Å². The molecule has 0 aromatic carbocycles. The lowest BCUT2D eigenvalue weighted by Crippen LogP contribution is -2.46. The fourth-order valence-corrected chi connectivity index (χ4v) is 5.72. The Bertz CT molecular complexity index is 362. The van der Waals surface area contributed by atoms with Crippen LogP contribution in [0.5, 0.6) is 0 Å². The van der Waals surface area contributed by atoms with Gasteiger partial charge in [0.25, 0.3) is 0 Å². The van der Waals surface area contributed by atoms with E-state index in [9.17, 15) is 0 Å². The molecule has 0 unspecified atom stereocenters. The number of rotatable bonds is 11. The molecule has 2 heteroatoms. The van der Waals surface area contributed by atoms with Crippen molar-refractivity contribution in [1.82, 2.24) is 0 Å². The van der Waals surface area contributed by atoms with E-state index in [1.165, 1.54) is 0 Å². The summed E-state index contributed by atoms with van der Waals surface area (Å²) in [5, 5.41) is 0. The fraction of sp³-hybridized carbons (Fsp3) is 0.700. The van der Waals surface area contributed by atoms with Crippen LogP contribution in [0.4, 0.5) is 0 Å². The molecule has 0 aliphatic rings. The smallest absolute Gasteiger partial charge is 0.194 e. The molecule has 0 atom stereocenters. The third kappa shape index (κ3) is 6.98. The molecule has 126 valence electrons. The summed E-state index contributed by atoms with van der Waals surface area (Å²) in [7, 11) is -1.70. The zero-order valence-electron chi connectivity index (χ0n) is 15.5. The molecule has 0 aromatic heterocycles. The summed E-state index contributed by atoms with van der Waals surface area (Å²) in [6, 6.07) is 3.48. The molecule has 0 bridgehead atoms. The van der Waals surface area contributed by atoms with Crippen LogP contribution in [0.2, 0.25) is 18.1 Å². The van der Waals surface area contributed by atoms with Crippen LogP contribution in [0.1, 0.15) is 60.3 Å². The molecule has 0 saturated heterocycles. The predicted octanol–water partition coefficient (Wildman–Crippen LogP) is 6.34. The molecule has 0 radical (unpaired) electrons. The van der Waals surface area contributed by atoms with Crippen LogP contribution in [0.15, 0.2) is 25.3 Å². The summed E-state index contributed by atoms with van der Waals surface area (Å²) in [4.78, 5) is 0. The molecule has 22 heavy (non-hydrogen) atoms. The molecule has 0 fully saturated rings. The van der Waals surface area contributed by atoms with Crippen LogP contribution in [0, 0.1) is 17.8 Å². The van der Waals surface area contributed by atoms with E-state index >= 15 is 0 Å². The summed E-state index contributed by atoms with van der Waals surface area (Å²) >= 11 is 0. The van der Waals surface area contributed by atoms with E-state index in [4.69, 9.17) is 4.43 Å². The highest BCUT2D eigenvalue weighted by Crippen LogP contribution is 2.34. The number of hydrogen-bond acceptors (Lipinski definition) is 1. The highest BCUT2D eigenvalue weighted by molar-refractivity contribution is 6.73. The average Bonchev–Trinajstić information content (AvgIpc) is 2.54. The quantitative estimate of drug-likeness (QED) is 0.245. The van der Waals surface area contributed by atoms with Crippen LogP contribution in [-0.4, -0.2) is 13.9 Å². The van der Waals surface area contributed by atoms with E-state index in [1.807, 2.05) is 12.2 Å². The van der Waals surface area contributed by atoms with Crippen molar-refractivity contribution in [2.45, 2.75) is 84.0 Å². The average molecular weight is 321 g/mol. The molecular weight excluding hydrogens is 284 g/mol. The molecule has 0 amide bonds. The second-order valence-corrected chi connectivity index (χ2v) is 11.1. The molecule has 0 N–H and O–H groups in total. The van der Waals surface area contributed by atoms with Gasteiger partial charge in [0.15, 0.2) is 8.32 Å². The molecular formula is C20H36OSi. The summed E-state index contributed by atoms with van der Waals surface area (Å²) in [6.07, 6.45) is 7.75. The van der Waals surface area contributed by atoms with Gasteiger partial charge >= 0.3 is 0 Å². The lowest BCUT2D eigenvalue weighted by molar-refractivity contribution is 0.0985. The monoisotopic (exact) mass is 320 g/mol. The van der Waals surface area contributed by atoms with Crippen molar-refractivity contribution in [3.63, 3.8) is 0 Å². The summed E-state index contributed by atoms with van der Waals surface area (Å²) in [5.41, 5.74) is -0.319. The van der Waals surface area contributed by atoms with Crippen LogP contribution < -0.4 is 0 Å². The van der Waals surface area contributed by atoms with Gasteiger partial charge in [-0.25, -0.2) is 0 Å². The first kappa shape index (κ1) is 21.2. The van der Waals surface area contributed by atoms with Gasteiger partial charge in [0.05, 0.1) is 0 Å². The first-order valence-electron chi connectivity index (χ1n) is 8.87. The maximum Gasteiger partial charge on any atom is 0.194 e. The van der Waals surface area contributed by atoms with Crippen LogP contribution in [0.3, 0.4) is 0 Å². The summed E-state index contributed by atoms with van der Waals surface area (Å²) in [5.74, 6) is 7.28. The molecule has 0 aromatic rings. The van der Waals surface area contributed by atoms with Gasteiger partial charge in [-0.05, 0) is 43.8 Å². The zero-order valence-corrected chi connectivity index (χ0v) is 16.5. The second kappa shape index (κ2) is 10.9. The van der Waals surface area contributed by atoms with E-state index in [2.05, 4.69) is 59.6 Å². The Hall–Kier alpha value is -0.783. The Labute approximate surface area is 140 Å². The van der Waals surface area contributed by atoms with Gasteiger partial charge in [0.2, 0.25) is 0 Å². The Morgan fingerprint density at radius 1 is 1.00 bits per heavy atom. The minimum absolute atomic E-state index is 0.319. The minimum Gasteiger partial charge on any atom is -0.401 e. The van der Waals surface area contributed by atoms with Crippen LogP contribution in [0.25, 0.3) is 0 Å². The van der Waals surface area contributed by atoms with E-state index < -0.39 is 8.32 Å². The molecule has 0 aliphatic heterocycles. The zero-order chi connectivity index (χ0) is 17.1. The normalized spacial score (nSPS) is 11.9. The molecule has 0 aliphatic carbocycles. The van der Waals surface area contributed by atoms with Crippen molar-refractivity contribution >= 4 is 8.32 Å². The summed E-state index contributed by atoms with van der Waals surface area (Å²) < 4.78 is 6.90. The number of hydrogen-bond donors (Lipinski definition) is 0. The number of allylic oxidation sites excluding steroid dienone is 2. The summed E-state index contributed by atoms with van der Waals surface area (Å²) in [6.45, 7) is 18.9. The van der Waals surface area contributed by atoms with Crippen molar-refractivity contribution in [1.29, 1.82) is 0 Å². The van der Waals surface area contributed by atoms with Crippen LogP contribution >= 0.6 is 0 Å². The van der Waals surface area contributed by atoms with Gasteiger partial charge in [-0.2, -0.15) is 0 Å². The van der Waals surface area contributed by atoms with Crippen molar-refractivity contribution in [2.24, 2.45) is 5.92 Å². The molecule has 0 saturated carbocycles. The van der Waals surface area contributed by atoms with E-state index in [-0.39, 0.29) is 5.60 Å². The second-order valence-electron chi connectivity index (χ2n) is 6.42. The lowest BCUT2D eigenvalue weighted by Gasteiger charge is -2.40. The Morgan fingerprint density at radius 3 is 1.77 bits per heavy atom. The first-order chi connectivity index (χ1) is 10.4. The first-order valence-corrected chi connectivity index (χ1v) is 11.4. The van der Waals surface area contributed by atoms with E-state index in [0.717, 1.165) is 43.8 Å². The lowest BCUT2D eigenvalue weighted by atomic mass is 9.92. The maximum atomic E-state index is 6.90. The van der Waals surface area contributed by atoms with Gasteiger partial charge in [-0.15, -0.1) is 13.2 Å². The third-order valence-corrected chi connectivity index (χ3v) is 9.13. The topological polar surface area (TPSA) is 9.23 Å². The van der Waals surface area contributed by atoms with Gasteiger partial charge < -0.3 is 4.43 Å². The van der Waals surface area contributed by atoms with Crippen molar-refractivity contribution in [3.8, 4) is 11.8 Å². The van der Waals surface area contributed by atoms with E-state index in [1.54, 1.807) is 0 Å². The Balaban J connectivity index is 5.62. The van der Waals surface area contributed by atoms with Gasteiger partial charge in [0.1, 0.15) is 5.60 Å². The molecule has 0 spiro atoms. The highest BCUT2D eigenvalue weighted by Gasteiger charge is 2.39. The third-order valence-electron chi connectivity index (χ3n) is 4.44. The highest BCUT2D eigenvalue weighted by atomic mass is 28.4. The molecule has 0 rings (SSSR count). The molecule has 1 nitrogen and oxygen atoms in total. The standard InChI is InChI=1S/C20H36OSi/c1-8-13-16-20(17-14-9-2,18-15-19(6)7)21-22(10-3,11-4)12-5/h8-9,19H,1-2,10-14,16-17H2,3-7H3. The van der Waals surface area contributed by atoms with Crippen molar-refractivity contribution in [3.05, 3.63) is 25.3 Å². The Kier molecular flexibility index (Phi) is 10.5. The molecule has 0 heterocycles. The van der Waals surface area contributed by atoms with E-state index in [0.29, 0.717) is 5.92 Å². The van der Waals surface area contributed by atoms with Gasteiger partial charge in [0, 0.05) is 5.92 Å². The van der Waals surface area contributed by atoms with Gasteiger partial charge in [-0.1, -0.05) is 58.6 Å². The largest absolute Gasteiger partial charge is 0.401 e. The maximum absolute atomic E-state index is 6.90. The van der Waals surface area contributed by atoms with Crippen molar-refractivity contribution in [2.75, 3.05) is 0 Å². The minimum atomic E-state index is -1.70. The predicted molar refractivity (Wildman–Crippen MR) is 102 cm³/mol. The van der Waals surface area contributed by atoms with Crippen LogP contribution in [-0.2, 0) is 4.43 Å². The SMILES string of the molecule is C=CCCC(C#CC(C)C)(CCC=C)O[Si](CC)(CC)CC.